The van der Waals surface area contributed by atoms with Crippen molar-refractivity contribution in [1.82, 2.24) is 14.5 Å². The number of nitrogens with zero attached hydrogens (tertiary/aromatic N) is 3. The monoisotopic (exact) mass is 363 g/mol. The average molecular weight is 364 g/mol. The molecule has 1 unspecified atom stereocenters. The number of hydrogen-bond acceptors (Lipinski definition) is 4. The van der Waals surface area contributed by atoms with E-state index in [-0.39, 0.29) is 12.3 Å². The van der Waals surface area contributed by atoms with Crippen molar-refractivity contribution in [3.05, 3.63) is 41.8 Å². The summed E-state index contributed by atoms with van der Waals surface area (Å²) in [7, 11) is 0. The van der Waals surface area contributed by atoms with Crippen LogP contribution >= 0.6 is 11.6 Å². The molecule has 1 aromatic carbocycles. The van der Waals surface area contributed by atoms with Crippen LogP contribution in [0.1, 0.15) is 26.9 Å². The number of halogens is 1. The van der Waals surface area contributed by atoms with Gasteiger partial charge in [-0.25, -0.2) is 9.78 Å². The van der Waals surface area contributed by atoms with Crippen LogP contribution < -0.4 is 0 Å². The number of carbonyl (C=O) groups excluding carboxylic acids is 1. The molecule has 1 saturated heterocycles. The van der Waals surface area contributed by atoms with Crippen LogP contribution in [0.2, 0.25) is 5.02 Å². The highest BCUT2D eigenvalue weighted by Crippen LogP contribution is 2.25. The molecule has 1 aliphatic heterocycles. The molecular weight excluding hydrogens is 342 g/mol. The lowest BCUT2D eigenvalue weighted by atomic mass is 10.2. The minimum atomic E-state index is -0.541. The predicted octanol–water partition coefficient (Wildman–Crippen LogP) is 3.97. The molecule has 1 amide bonds. The lowest BCUT2D eigenvalue weighted by molar-refractivity contribution is -0.0523. The van der Waals surface area contributed by atoms with E-state index in [1.807, 2.05) is 55.8 Å². The van der Waals surface area contributed by atoms with Gasteiger partial charge in [0, 0.05) is 23.3 Å². The summed E-state index contributed by atoms with van der Waals surface area (Å²) in [6, 6.07) is 7.51. The van der Waals surface area contributed by atoms with E-state index in [1.54, 1.807) is 11.2 Å². The number of carbonyl (C=O) groups is 1. The van der Waals surface area contributed by atoms with E-state index >= 15 is 0 Å². The van der Waals surface area contributed by atoms with Crippen molar-refractivity contribution in [1.29, 1.82) is 0 Å². The van der Waals surface area contributed by atoms with Crippen LogP contribution in [0.3, 0.4) is 0 Å². The number of amides is 1. The highest BCUT2D eigenvalue weighted by atomic mass is 35.5. The van der Waals surface area contributed by atoms with Crippen LogP contribution in [0.15, 0.2) is 36.8 Å². The third-order valence-electron chi connectivity index (χ3n) is 3.80. The van der Waals surface area contributed by atoms with Gasteiger partial charge in [0.15, 0.2) is 0 Å². The molecule has 134 valence electrons. The number of ether oxygens (including phenoxy) is 2. The molecule has 1 aromatic heterocycles. The van der Waals surface area contributed by atoms with Crippen molar-refractivity contribution in [3.8, 4) is 11.3 Å². The molecule has 1 atom stereocenters. The van der Waals surface area contributed by atoms with Gasteiger partial charge in [-0.05, 0) is 32.9 Å². The molecule has 2 heterocycles. The molecular formula is C18H22ClN3O3. The fourth-order valence-electron chi connectivity index (χ4n) is 2.67. The van der Waals surface area contributed by atoms with Gasteiger partial charge in [-0.15, -0.1) is 0 Å². The first-order chi connectivity index (χ1) is 11.8. The Hall–Kier alpha value is -2.05. The van der Waals surface area contributed by atoms with Crippen LogP contribution in [0.4, 0.5) is 4.79 Å². The van der Waals surface area contributed by atoms with Gasteiger partial charge in [-0.1, -0.05) is 23.7 Å². The molecule has 0 radical (unpaired) electrons. The summed E-state index contributed by atoms with van der Waals surface area (Å²) in [5.41, 5.74) is 1.17. The Bertz CT molecular complexity index is 754. The largest absolute Gasteiger partial charge is 0.444 e. The standard InChI is InChI=1S/C18H22ClN3O3/c1-18(2,3)25-17(23)22-7-8-24-11-16(22)21-10-15(20-12-21)13-5-4-6-14(19)9-13/h4-6,9-10,12,16H,7-8,11H2,1-3H3. The van der Waals surface area contributed by atoms with Gasteiger partial charge >= 0.3 is 6.09 Å². The third-order valence-corrected chi connectivity index (χ3v) is 4.03. The van der Waals surface area contributed by atoms with Crippen molar-refractivity contribution in [2.45, 2.75) is 32.5 Å². The van der Waals surface area contributed by atoms with E-state index < -0.39 is 5.60 Å². The zero-order chi connectivity index (χ0) is 18.0. The fraction of sp³-hybridized carbons (Fsp3) is 0.444. The van der Waals surface area contributed by atoms with Gasteiger partial charge in [-0.3, -0.25) is 4.90 Å². The summed E-state index contributed by atoms with van der Waals surface area (Å²) in [6.07, 6.45) is 2.96. The first kappa shape index (κ1) is 17.8. The zero-order valence-electron chi connectivity index (χ0n) is 14.6. The molecule has 7 heteroatoms. The Kier molecular flexibility index (Phi) is 5.01. The van der Waals surface area contributed by atoms with Gasteiger partial charge in [-0.2, -0.15) is 0 Å². The summed E-state index contributed by atoms with van der Waals surface area (Å²) in [5.74, 6) is 0. The lowest BCUT2D eigenvalue weighted by Gasteiger charge is -2.36. The number of rotatable bonds is 2. The third kappa shape index (κ3) is 4.32. The van der Waals surface area contributed by atoms with Crippen LogP contribution in [0.25, 0.3) is 11.3 Å². The maximum absolute atomic E-state index is 12.5. The van der Waals surface area contributed by atoms with Crippen LogP contribution in [0.5, 0.6) is 0 Å². The highest BCUT2D eigenvalue weighted by molar-refractivity contribution is 6.30. The van der Waals surface area contributed by atoms with Gasteiger partial charge in [0.1, 0.15) is 11.8 Å². The molecule has 6 nitrogen and oxygen atoms in total. The van der Waals surface area contributed by atoms with Gasteiger partial charge in [0.2, 0.25) is 0 Å². The average Bonchev–Trinajstić information content (AvgIpc) is 3.03. The Morgan fingerprint density at radius 2 is 2.20 bits per heavy atom. The van der Waals surface area contributed by atoms with E-state index in [4.69, 9.17) is 21.1 Å². The van der Waals surface area contributed by atoms with E-state index in [2.05, 4.69) is 4.98 Å². The van der Waals surface area contributed by atoms with E-state index in [0.717, 1.165) is 11.3 Å². The van der Waals surface area contributed by atoms with Gasteiger partial charge in [0.05, 0.1) is 25.2 Å². The molecule has 2 aromatic rings. The molecule has 1 aliphatic rings. The normalized spacial score (nSPS) is 18.2. The summed E-state index contributed by atoms with van der Waals surface area (Å²) in [6.45, 7) is 6.93. The number of imidazole rings is 1. The topological polar surface area (TPSA) is 56.6 Å². The number of morpholine rings is 1. The lowest BCUT2D eigenvalue weighted by Crippen LogP contribution is -2.47. The summed E-state index contributed by atoms with van der Waals surface area (Å²) in [5, 5.41) is 0.656. The van der Waals surface area contributed by atoms with E-state index in [1.165, 1.54) is 0 Å². The van der Waals surface area contributed by atoms with Crippen LogP contribution in [0, 0.1) is 0 Å². The van der Waals surface area contributed by atoms with Gasteiger partial charge < -0.3 is 14.0 Å². The number of benzene rings is 1. The molecule has 0 N–H and O–H groups in total. The SMILES string of the molecule is CC(C)(C)OC(=O)N1CCOCC1n1cnc(-c2cccc(Cl)c2)c1. The summed E-state index contributed by atoms with van der Waals surface area (Å²) < 4.78 is 13.0. The van der Waals surface area contributed by atoms with E-state index in [9.17, 15) is 4.79 Å². The fourth-order valence-corrected chi connectivity index (χ4v) is 2.86. The summed E-state index contributed by atoms with van der Waals surface area (Å²) in [4.78, 5) is 18.6. The Morgan fingerprint density at radius 1 is 1.40 bits per heavy atom. The second-order valence-electron chi connectivity index (χ2n) is 6.95. The Morgan fingerprint density at radius 3 is 2.92 bits per heavy atom. The van der Waals surface area contributed by atoms with Gasteiger partial charge in [0.25, 0.3) is 0 Å². The van der Waals surface area contributed by atoms with Crippen molar-refractivity contribution in [3.63, 3.8) is 0 Å². The minimum Gasteiger partial charge on any atom is -0.444 e. The quantitative estimate of drug-likeness (QED) is 0.810. The van der Waals surface area contributed by atoms with Crippen molar-refractivity contribution < 1.29 is 14.3 Å². The molecule has 0 aliphatic carbocycles. The molecule has 0 saturated carbocycles. The first-order valence-electron chi connectivity index (χ1n) is 8.20. The second-order valence-corrected chi connectivity index (χ2v) is 7.38. The van der Waals surface area contributed by atoms with Crippen molar-refractivity contribution in [2.24, 2.45) is 0 Å². The van der Waals surface area contributed by atoms with Crippen molar-refractivity contribution >= 4 is 17.7 Å². The second kappa shape index (κ2) is 7.06. The van der Waals surface area contributed by atoms with Crippen LogP contribution in [-0.4, -0.2) is 45.9 Å². The maximum Gasteiger partial charge on any atom is 0.412 e. The molecule has 25 heavy (non-hydrogen) atoms. The number of hydrogen-bond donors (Lipinski definition) is 0. The minimum absolute atomic E-state index is 0.288. The number of aromatic nitrogens is 2. The highest BCUT2D eigenvalue weighted by Gasteiger charge is 2.32. The molecule has 3 rings (SSSR count). The predicted molar refractivity (Wildman–Crippen MR) is 95.5 cm³/mol. The van der Waals surface area contributed by atoms with E-state index in [0.29, 0.717) is 24.8 Å². The smallest absolute Gasteiger partial charge is 0.412 e. The first-order valence-corrected chi connectivity index (χ1v) is 8.58. The molecule has 0 bridgehead atoms. The Balaban J connectivity index is 1.82. The van der Waals surface area contributed by atoms with Crippen LogP contribution in [-0.2, 0) is 9.47 Å². The Labute approximate surface area is 152 Å². The molecule has 0 spiro atoms. The zero-order valence-corrected chi connectivity index (χ0v) is 15.4. The maximum atomic E-state index is 12.5. The molecule has 1 fully saturated rings. The summed E-state index contributed by atoms with van der Waals surface area (Å²) >= 11 is 6.05. The van der Waals surface area contributed by atoms with Crippen molar-refractivity contribution in [2.75, 3.05) is 19.8 Å².